The van der Waals surface area contributed by atoms with E-state index in [4.69, 9.17) is 0 Å². The molecule has 0 spiro atoms. The van der Waals surface area contributed by atoms with Gasteiger partial charge in [-0.1, -0.05) is 6.07 Å². The van der Waals surface area contributed by atoms with Gasteiger partial charge in [0.2, 0.25) is 0 Å². The quantitative estimate of drug-likeness (QED) is 0.891. The fourth-order valence-corrected chi connectivity index (χ4v) is 1.59. The number of nitrogens with one attached hydrogen (secondary N) is 2. The van der Waals surface area contributed by atoms with Gasteiger partial charge in [0.05, 0.1) is 0 Å². The van der Waals surface area contributed by atoms with Gasteiger partial charge >= 0.3 is 0 Å². The number of rotatable bonds is 3. The molecule has 2 N–H and O–H groups in total. The third-order valence-electron chi connectivity index (χ3n) is 2.59. The van der Waals surface area contributed by atoms with Gasteiger partial charge in [0, 0.05) is 30.1 Å². The highest BCUT2D eigenvalue weighted by Crippen LogP contribution is 2.15. The molecule has 5 heteroatoms. The standard InChI is InChI=1S/C14H12F2N2O/c1-17-10-4-2-3-9(7-10)14(19)18-11-5-6-12(15)13(16)8-11/h2-8,17H,1H3,(H,18,19). The van der Waals surface area contributed by atoms with E-state index in [2.05, 4.69) is 10.6 Å². The maximum absolute atomic E-state index is 13.0. The zero-order valence-corrected chi connectivity index (χ0v) is 10.2. The predicted molar refractivity (Wildman–Crippen MR) is 70.3 cm³/mol. The van der Waals surface area contributed by atoms with E-state index in [1.807, 2.05) is 6.07 Å². The Labute approximate surface area is 109 Å². The molecule has 2 rings (SSSR count). The molecule has 0 saturated carbocycles. The number of halogens is 2. The summed E-state index contributed by atoms with van der Waals surface area (Å²) < 4.78 is 25.8. The average Bonchev–Trinajstić information content (AvgIpc) is 2.43. The lowest BCUT2D eigenvalue weighted by molar-refractivity contribution is 0.102. The van der Waals surface area contributed by atoms with E-state index in [1.54, 1.807) is 25.2 Å². The molecule has 0 heterocycles. The Morgan fingerprint density at radius 3 is 2.47 bits per heavy atom. The Morgan fingerprint density at radius 2 is 1.79 bits per heavy atom. The van der Waals surface area contributed by atoms with Crippen molar-refractivity contribution >= 4 is 17.3 Å². The maximum atomic E-state index is 13.0. The van der Waals surface area contributed by atoms with E-state index < -0.39 is 11.6 Å². The smallest absolute Gasteiger partial charge is 0.255 e. The second-order valence-corrected chi connectivity index (χ2v) is 3.91. The number of amides is 1. The summed E-state index contributed by atoms with van der Waals surface area (Å²) in [5.41, 5.74) is 1.42. The van der Waals surface area contributed by atoms with Crippen LogP contribution in [-0.4, -0.2) is 13.0 Å². The van der Waals surface area contributed by atoms with E-state index in [9.17, 15) is 13.6 Å². The molecule has 0 saturated heterocycles. The molecule has 2 aromatic carbocycles. The molecule has 0 bridgehead atoms. The van der Waals surface area contributed by atoms with Crippen LogP contribution in [0.4, 0.5) is 20.2 Å². The highest BCUT2D eigenvalue weighted by atomic mass is 19.2. The van der Waals surface area contributed by atoms with Crippen molar-refractivity contribution in [1.29, 1.82) is 0 Å². The van der Waals surface area contributed by atoms with Crippen molar-refractivity contribution in [1.82, 2.24) is 0 Å². The molecule has 2 aromatic rings. The summed E-state index contributed by atoms with van der Waals surface area (Å²) >= 11 is 0. The minimum atomic E-state index is -0.998. The molecule has 98 valence electrons. The van der Waals surface area contributed by atoms with E-state index in [0.29, 0.717) is 5.56 Å². The van der Waals surface area contributed by atoms with Gasteiger partial charge < -0.3 is 10.6 Å². The van der Waals surface area contributed by atoms with Crippen LogP contribution in [0.2, 0.25) is 0 Å². The first kappa shape index (κ1) is 13.0. The first-order valence-electron chi connectivity index (χ1n) is 5.64. The van der Waals surface area contributed by atoms with Crippen LogP contribution >= 0.6 is 0 Å². The van der Waals surface area contributed by atoms with E-state index in [1.165, 1.54) is 6.07 Å². The third-order valence-corrected chi connectivity index (χ3v) is 2.59. The van der Waals surface area contributed by atoms with Crippen molar-refractivity contribution in [2.45, 2.75) is 0 Å². The van der Waals surface area contributed by atoms with Crippen molar-refractivity contribution < 1.29 is 13.6 Å². The van der Waals surface area contributed by atoms with Crippen LogP contribution < -0.4 is 10.6 Å². The summed E-state index contributed by atoms with van der Waals surface area (Å²) in [7, 11) is 1.74. The van der Waals surface area contributed by atoms with Crippen molar-refractivity contribution in [2.24, 2.45) is 0 Å². The van der Waals surface area contributed by atoms with Crippen LogP contribution in [0.15, 0.2) is 42.5 Å². The Kier molecular flexibility index (Phi) is 3.75. The van der Waals surface area contributed by atoms with Gasteiger partial charge in [-0.25, -0.2) is 8.78 Å². The minimum Gasteiger partial charge on any atom is -0.388 e. The summed E-state index contributed by atoms with van der Waals surface area (Å²) in [6.07, 6.45) is 0. The summed E-state index contributed by atoms with van der Waals surface area (Å²) in [4.78, 5) is 11.9. The van der Waals surface area contributed by atoms with Crippen LogP contribution in [0, 0.1) is 11.6 Å². The van der Waals surface area contributed by atoms with E-state index in [0.717, 1.165) is 17.8 Å². The maximum Gasteiger partial charge on any atom is 0.255 e. The van der Waals surface area contributed by atoms with Crippen LogP contribution in [0.25, 0.3) is 0 Å². The normalized spacial score (nSPS) is 10.1. The number of carbonyl (C=O) groups is 1. The Balaban J connectivity index is 2.18. The van der Waals surface area contributed by atoms with Crippen molar-refractivity contribution in [2.75, 3.05) is 17.7 Å². The topological polar surface area (TPSA) is 41.1 Å². The van der Waals surface area contributed by atoms with Crippen LogP contribution in [0.5, 0.6) is 0 Å². The molecule has 0 unspecified atom stereocenters. The second-order valence-electron chi connectivity index (χ2n) is 3.91. The fourth-order valence-electron chi connectivity index (χ4n) is 1.59. The molecule has 0 aliphatic heterocycles. The SMILES string of the molecule is CNc1cccc(C(=O)Nc2ccc(F)c(F)c2)c1. The summed E-state index contributed by atoms with van der Waals surface area (Å²) in [5.74, 6) is -2.33. The molecule has 19 heavy (non-hydrogen) atoms. The van der Waals surface area contributed by atoms with Crippen LogP contribution in [0.1, 0.15) is 10.4 Å². The minimum absolute atomic E-state index is 0.207. The molecule has 0 aliphatic rings. The Bertz CT molecular complexity index is 614. The molecule has 0 aliphatic carbocycles. The molecule has 0 radical (unpaired) electrons. The molecule has 1 amide bonds. The van der Waals surface area contributed by atoms with Crippen molar-refractivity contribution in [3.05, 3.63) is 59.7 Å². The zero-order chi connectivity index (χ0) is 13.8. The molecular formula is C14H12F2N2O. The van der Waals surface area contributed by atoms with Gasteiger partial charge in [-0.15, -0.1) is 0 Å². The largest absolute Gasteiger partial charge is 0.388 e. The monoisotopic (exact) mass is 262 g/mol. The van der Waals surface area contributed by atoms with Crippen molar-refractivity contribution in [3.8, 4) is 0 Å². The molecule has 0 atom stereocenters. The number of carbonyl (C=O) groups excluding carboxylic acids is 1. The fraction of sp³-hybridized carbons (Fsp3) is 0.0714. The second kappa shape index (κ2) is 5.48. The van der Waals surface area contributed by atoms with E-state index >= 15 is 0 Å². The summed E-state index contributed by atoms with van der Waals surface area (Å²) in [6, 6.07) is 10.0. The van der Waals surface area contributed by atoms with Gasteiger partial charge in [0.15, 0.2) is 11.6 Å². The molecule has 0 aromatic heterocycles. The third kappa shape index (κ3) is 3.07. The average molecular weight is 262 g/mol. The van der Waals surface area contributed by atoms with Gasteiger partial charge in [-0.05, 0) is 30.3 Å². The Hall–Kier alpha value is -2.43. The number of hydrogen-bond donors (Lipinski definition) is 2. The van der Waals surface area contributed by atoms with Gasteiger partial charge in [-0.3, -0.25) is 4.79 Å². The highest BCUT2D eigenvalue weighted by molar-refractivity contribution is 6.04. The van der Waals surface area contributed by atoms with Gasteiger partial charge in [-0.2, -0.15) is 0 Å². The highest BCUT2D eigenvalue weighted by Gasteiger charge is 2.08. The lowest BCUT2D eigenvalue weighted by Gasteiger charge is -2.07. The van der Waals surface area contributed by atoms with Crippen LogP contribution in [0.3, 0.4) is 0 Å². The Morgan fingerprint density at radius 1 is 1.00 bits per heavy atom. The lowest BCUT2D eigenvalue weighted by Crippen LogP contribution is -2.12. The number of benzene rings is 2. The zero-order valence-electron chi connectivity index (χ0n) is 10.2. The first-order chi connectivity index (χ1) is 9.10. The first-order valence-corrected chi connectivity index (χ1v) is 5.64. The molecular weight excluding hydrogens is 250 g/mol. The molecule has 0 fully saturated rings. The molecule has 3 nitrogen and oxygen atoms in total. The van der Waals surface area contributed by atoms with Crippen molar-refractivity contribution in [3.63, 3.8) is 0 Å². The van der Waals surface area contributed by atoms with Gasteiger partial charge in [0.1, 0.15) is 0 Å². The van der Waals surface area contributed by atoms with Gasteiger partial charge in [0.25, 0.3) is 5.91 Å². The number of anilines is 2. The summed E-state index contributed by atoms with van der Waals surface area (Å²) in [6.45, 7) is 0. The van der Waals surface area contributed by atoms with E-state index in [-0.39, 0.29) is 11.6 Å². The predicted octanol–water partition coefficient (Wildman–Crippen LogP) is 3.26. The van der Waals surface area contributed by atoms with Crippen LogP contribution in [-0.2, 0) is 0 Å². The summed E-state index contributed by atoms with van der Waals surface area (Å²) in [5, 5.41) is 5.42. The number of hydrogen-bond acceptors (Lipinski definition) is 2. The lowest BCUT2D eigenvalue weighted by atomic mass is 10.2.